The molecule has 0 amide bonds. The summed E-state index contributed by atoms with van der Waals surface area (Å²) in [4.78, 5) is 20.5. The number of hydrazone groups is 1. The van der Waals surface area contributed by atoms with Crippen LogP contribution < -0.4 is 11.0 Å². The molecule has 1 aromatic heterocycles. The second-order valence-corrected chi connectivity index (χ2v) is 8.81. The Morgan fingerprint density at radius 3 is 2.55 bits per heavy atom. The largest absolute Gasteiger partial charge is 0.290 e. The van der Waals surface area contributed by atoms with Crippen molar-refractivity contribution in [3.05, 3.63) is 76.1 Å². The van der Waals surface area contributed by atoms with Crippen molar-refractivity contribution < 1.29 is 0 Å². The number of aromatic nitrogens is 2. The molecule has 0 unspecified atom stereocenters. The van der Waals surface area contributed by atoms with E-state index in [1.54, 1.807) is 6.21 Å². The first kappa shape index (κ1) is 20.9. The summed E-state index contributed by atoms with van der Waals surface area (Å²) in [6.45, 7) is 0. The van der Waals surface area contributed by atoms with E-state index < -0.39 is 5.56 Å². The van der Waals surface area contributed by atoms with Crippen molar-refractivity contribution >= 4 is 23.9 Å². The minimum Gasteiger partial charge on any atom is -0.290 e. The zero-order valence-corrected chi connectivity index (χ0v) is 17.9. The highest BCUT2D eigenvalue weighted by Crippen LogP contribution is 2.33. The number of hydrogen-bond donors (Lipinski definition) is 2. The number of nitrogens with zero attached hydrogens (tertiary/aromatic N) is 3. The van der Waals surface area contributed by atoms with Crippen molar-refractivity contribution in [1.29, 1.82) is 5.26 Å². The highest BCUT2D eigenvalue weighted by molar-refractivity contribution is 8.00. The predicted octanol–water partition coefficient (Wildman–Crippen LogP) is 5.18. The molecule has 1 aliphatic carbocycles. The number of anilines is 1. The van der Waals surface area contributed by atoms with E-state index in [4.69, 9.17) is 0 Å². The first-order valence-electron chi connectivity index (χ1n) is 10.4. The number of benzene rings is 2. The van der Waals surface area contributed by atoms with Crippen molar-refractivity contribution in [3.8, 4) is 17.3 Å². The van der Waals surface area contributed by atoms with Crippen molar-refractivity contribution in [1.82, 2.24) is 9.97 Å². The van der Waals surface area contributed by atoms with E-state index in [1.165, 1.54) is 37.0 Å². The van der Waals surface area contributed by atoms with Gasteiger partial charge in [0.15, 0.2) is 0 Å². The Morgan fingerprint density at radius 2 is 1.84 bits per heavy atom. The molecular formula is C24H23N5OS. The summed E-state index contributed by atoms with van der Waals surface area (Å²) >= 11 is 1.96. The molecule has 156 valence electrons. The van der Waals surface area contributed by atoms with E-state index in [-0.39, 0.29) is 11.5 Å². The molecule has 1 heterocycles. The summed E-state index contributed by atoms with van der Waals surface area (Å²) in [5.74, 6) is 0.184. The number of nitrogens with one attached hydrogen (secondary N) is 2. The molecule has 1 fully saturated rings. The highest BCUT2D eigenvalue weighted by Gasteiger charge is 2.14. The van der Waals surface area contributed by atoms with Crippen molar-refractivity contribution in [2.24, 2.45) is 5.10 Å². The molecule has 0 radical (unpaired) electrons. The minimum atomic E-state index is -0.502. The fourth-order valence-electron chi connectivity index (χ4n) is 3.61. The average molecular weight is 430 g/mol. The van der Waals surface area contributed by atoms with E-state index in [0.29, 0.717) is 11.3 Å². The van der Waals surface area contributed by atoms with Crippen LogP contribution in [0.15, 0.2) is 69.4 Å². The third-order valence-electron chi connectivity index (χ3n) is 5.20. The lowest BCUT2D eigenvalue weighted by Crippen LogP contribution is -2.16. The maximum atomic E-state index is 12.3. The number of nitriles is 1. The number of aromatic amines is 1. The Balaban J connectivity index is 1.44. The summed E-state index contributed by atoms with van der Waals surface area (Å²) in [6.07, 6.45) is 8.33. The quantitative estimate of drug-likeness (QED) is 0.416. The molecule has 3 aromatic rings. The highest BCUT2D eigenvalue weighted by atomic mass is 32.2. The second kappa shape index (κ2) is 10.1. The Hall–Kier alpha value is -3.37. The molecule has 2 aromatic carbocycles. The first-order valence-corrected chi connectivity index (χ1v) is 11.3. The summed E-state index contributed by atoms with van der Waals surface area (Å²) < 4.78 is 0. The van der Waals surface area contributed by atoms with Gasteiger partial charge in [0.2, 0.25) is 5.95 Å². The van der Waals surface area contributed by atoms with Crippen molar-refractivity contribution in [3.63, 3.8) is 0 Å². The molecule has 0 atom stereocenters. The fraction of sp³-hybridized carbons (Fsp3) is 0.250. The summed E-state index contributed by atoms with van der Waals surface area (Å²) in [6, 6.07) is 19.4. The predicted molar refractivity (Wildman–Crippen MR) is 125 cm³/mol. The molecular weight excluding hydrogens is 406 g/mol. The zero-order chi connectivity index (χ0) is 21.5. The van der Waals surface area contributed by atoms with Gasteiger partial charge in [0, 0.05) is 15.7 Å². The SMILES string of the molecule is N#Cc1c(-c2ccccc2)nc(NN=Cc2ccc(SC3CCCCC3)cc2)[nH]c1=O. The molecule has 0 spiro atoms. The number of rotatable bonds is 6. The van der Waals surface area contributed by atoms with E-state index in [9.17, 15) is 10.1 Å². The lowest BCUT2D eigenvalue weighted by Gasteiger charge is -2.20. The molecule has 2 N–H and O–H groups in total. The number of thioether (sulfide) groups is 1. The van der Waals surface area contributed by atoms with Gasteiger partial charge in [-0.15, -0.1) is 11.8 Å². The van der Waals surface area contributed by atoms with Crippen LogP contribution in [0.4, 0.5) is 5.95 Å². The van der Waals surface area contributed by atoms with Crippen LogP contribution in [-0.2, 0) is 0 Å². The summed E-state index contributed by atoms with van der Waals surface area (Å²) in [7, 11) is 0. The Kier molecular flexibility index (Phi) is 6.80. The molecule has 0 saturated heterocycles. The van der Waals surface area contributed by atoms with Crippen LogP contribution in [0.3, 0.4) is 0 Å². The summed E-state index contributed by atoms with van der Waals surface area (Å²) in [5.41, 5.74) is 4.21. The van der Waals surface area contributed by atoms with E-state index in [2.05, 4.69) is 32.6 Å². The molecule has 7 heteroatoms. The smallest absolute Gasteiger partial charge is 0.270 e. The molecule has 0 aliphatic heterocycles. The van der Waals surface area contributed by atoms with Gasteiger partial charge < -0.3 is 0 Å². The molecule has 31 heavy (non-hydrogen) atoms. The van der Waals surface area contributed by atoms with Gasteiger partial charge in [-0.25, -0.2) is 10.4 Å². The first-order chi connectivity index (χ1) is 15.2. The molecule has 1 aliphatic rings. The standard InChI is InChI=1S/C24H23N5OS/c25-15-21-22(18-7-3-1-4-8-18)27-24(28-23(21)30)29-26-16-17-11-13-20(14-12-17)31-19-9-5-2-6-10-19/h1,3-4,7-8,11-14,16,19H,2,5-6,9-10H2,(H2,27,28,29,30). The topological polar surface area (TPSA) is 93.9 Å². The lowest BCUT2D eigenvalue weighted by atomic mass is 10.0. The van der Waals surface area contributed by atoms with Crippen LogP contribution in [0.25, 0.3) is 11.3 Å². The molecule has 4 rings (SSSR count). The molecule has 6 nitrogen and oxygen atoms in total. The number of hydrogen-bond acceptors (Lipinski definition) is 6. The van der Waals surface area contributed by atoms with Gasteiger partial charge in [-0.05, 0) is 30.5 Å². The van der Waals surface area contributed by atoms with Crippen LogP contribution in [0.2, 0.25) is 0 Å². The van der Waals surface area contributed by atoms with Gasteiger partial charge in [-0.2, -0.15) is 10.4 Å². The zero-order valence-electron chi connectivity index (χ0n) is 17.0. The average Bonchev–Trinajstić information content (AvgIpc) is 2.81. The van der Waals surface area contributed by atoms with E-state index in [1.807, 2.05) is 60.3 Å². The van der Waals surface area contributed by atoms with Gasteiger partial charge in [-0.3, -0.25) is 9.78 Å². The molecule has 0 bridgehead atoms. The Labute approximate surface area is 185 Å². The maximum absolute atomic E-state index is 12.3. The van der Waals surface area contributed by atoms with Crippen LogP contribution in [0.1, 0.15) is 43.2 Å². The minimum absolute atomic E-state index is 0.0215. The van der Waals surface area contributed by atoms with Gasteiger partial charge in [0.1, 0.15) is 11.6 Å². The fourth-order valence-corrected chi connectivity index (χ4v) is 4.86. The number of H-pyrrole nitrogens is 1. The van der Waals surface area contributed by atoms with Gasteiger partial charge >= 0.3 is 0 Å². The van der Waals surface area contributed by atoms with Crippen LogP contribution in [0, 0.1) is 11.3 Å². The Bertz CT molecular complexity index is 1140. The van der Waals surface area contributed by atoms with Crippen LogP contribution >= 0.6 is 11.8 Å². The van der Waals surface area contributed by atoms with E-state index >= 15 is 0 Å². The second-order valence-electron chi connectivity index (χ2n) is 7.43. The van der Waals surface area contributed by atoms with Crippen LogP contribution in [0.5, 0.6) is 0 Å². The van der Waals surface area contributed by atoms with Crippen LogP contribution in [-0.4, -0.2) is 21.4 Å². The maximum Gasteiger partial charge on any atom is 0.270 e. The van der Waals surface area contributed by atoms with Crippen molar-refractivity contribution in [2.45, 2.75) is 42.2 Å². The summed E-state index contributed by atoms with van der Waals surface area (Å²) in [5, 5.41) is 14.3. The van der Waals surface area contributed by atoms with E-state index in [0.717, 1.165) is 10.8 Å². The van der Waals surface area contributed by atoms with Gasteiger partial charge in [0.05, 0.1) is 11.9 Å². The van der Waals surface area contributed by atoms with Gasteiger partial charge in [0.25, 0.3) is 5.56 Å². The van der Waals surface area contributed by atoms with Gasteiger partial charge in [-0.1, -0.05) is 61.7 Å². The van der Waals surface area contributed by atoms with Crippen molar-refractivity contribution in [2.75, 3.05) is 5.43 Å². The Morgan fingerprint density at radius 1 is 1.10 bits per heavy atom. The lowest BCUT2D eigenvalue weighted by molar-refractivity contribution is 0.516. The third kappa shape index (κ3) is 5.41. The third-order valence-corrected chi connectivity index (χ3v) is 6.55. The molecule has 1 saturated carbocycles. The normalized spacial score (nSPS) is 14.4. The monoisotopic (exact) mass is 429 g/mol.